The van der Waals surface area contributed by atoms with Crippen molar-refractivity contribution in [3.63, 3.8) is 0 Å². The molecule has 0 unspecified atom stereocenters. The minimum Gasteiger partial charge on any atom is -0.474 e. The molecule has 1 aromatic heterocycles. The monoisotopic (exact) mass is 368 g/mol. The molecule has 2 rings (SSSR count). The van der Waals surface area contributed by atoms with Crippen LogP contribution in [-0.2, 0) is 19.9 Å². The van der Waals surface area contributed by atoms with Gasteiger partial charge in [0.25, 0.3) is 0 Å². The Kier molecular flexibility index (Phi) is 5.63. The van der Waals surface area contributed by atoms with E-state index in [4.69, 9.17) is 13.9 Å². The lowest BCUT2D eigenvalue weighted by Crippen LogP contribution is -2.59. The molecule has 0 aromatic carbocycles. The van der Waals surface area contributed by atoms with Gasteiger partial charge in [0.1, 0.15) is 31.8 Å². The Morgan fingerprint density at radius 1 is 1.40 bits per heavy atom. The Morgan fingerprint density at radius 2 is 2.04 bits per heavy atom. The topological polar surface area (TPSA) is 89.1 Å². The smallest absolute Gasteiger partial charge is 0.316 e. The van der Waals surface area contributed by atoms with Crippen LogP contribution in [0.5, 0.6) is 0 Å². The predicted octanol–water partition coefficient (Wildman–Crippen LogP) is 1.53. The molecule has 0 amide bonds. The maximum atomic E-state index is 12.6. The fraction of sp³-hybridized carbons (Fsp3) is 0.611. The lowest BCUT2D eigenvalue weighted by molar-refractivity contribution is -0.182. The predicted molar refractivity (Wildman–Crippen MR) is 96.3 cm³/mol. The van der Waals surface area contributed by atoms with Crippen LogP contribution in [0.3, 0.4) is 0 Å². The van der Waals surface area contributed by atoms with E-state index in [9.17, 15) is 15.0 Å². The zero-order chi connectivity index (χ0) is 19.0. The van der Waals surface area contributed by atoms with E-state index in [0.717, 1.165) is 0 Å². The van der Waals surface area contributed by atoms with Crippen LogP contribution in [0.4, 0.5) is 0 Å². The van der Waals surface area contributed by atoms with Crippen LogP contribution in [0.15, 0.2) is 28.4 Å². The summed E-state index contributed by atoms with van der Waals surface area (Å²) in [6.45, 7) is 9.87. The number of methoxy groups -OCH3 is 1. The highest BCUT2D eigenvalue weighted by molar-refractivity contribution is 6.88. The van der Waals surface area contributed by atoms with E-state index < -0.39 is 37.8 Å². The van der Waals surface area contributed by atoms with Gasteiger partial charge in [-0.2, -0.15) is 0 Å². The van der Waals surface area contributed by atoms with E-state index in [1.54, 1.807) is 26.0 Å². The van der Waals surface area contributed by atoms with Crippen LogP contribution < -0.4 is 5.38 Å². The molecular formula is C18H28O6Si. The van der Waals surface area contributed by atoms with Crippen molar-refractivity contribution < 1.29 is 28.9 Å². The summed E-state index contributed by atoms with van der Waals surface area (Å²) < 4.78 is 16.2. The SMILES string of the molecule is CCOC(=O)[C@@H]1C=C(C)[C@@H](OC)[C@@H](O)[C@@]1(O)c1ccoc1[Si](C)(C)C. The number of hydrogen-bond acceptors (Lipinski definition) is 6. The number of rotatable bonds is 5. The quantitative estimate of drug-likeness (QED) is 0.465. The van der Waals surface area contributed by atoms with E-state index in [1.807, 2.05) is 0 Å². The first-order valence-corrected chi connectivity index (χ1v) is 12.0. The maximum absolute atomic E-state index is 12.6. The number of esters is 1. The second-order valence-electron chi connectivity index (χ2n) is 7.48. The molecule has 25 heavy (non-hydrogen) atoms. The van der Waals surface area contributed by atoms with Gasteiger partial charge in [-0.15, -0.1) is 0 Å². The van der Waals surface area contributed by atoms with E-state index in [-0.39, 0.29) is 6.61 Å². The highest BCUT2D eigenvalue weighted by Gasteiger charge is 2.56. The molecule has 0 bridgehead atoms. The van der Waals surface area contributed by atoms with Gasteiger partial charge in [-0.3, -0.25) is 4.79 Å². The van der Waals surface area contributed by atoms with Crippen LogP contribution in [0.1, 0.15) is 19.4 Å². The number of aliphatic hydroxyl groups is 2. The largest absolute Gasteiger partial charge is 0.474 e. The molecule has 2 N–H and O–H groups in total. The average molecular weight is 369 g/mol. The number of furan rings is 1. The molecule has 0 spiro atoms. The molecule has 1 aliphatic rings. The Balaban J connectivity index is 2.67. The molecule has 1 heterocycles. The van der Waals surface area contributed by atoms with Crippen LogP contribution in [0.25, 0.3) is 0 Å². The van der Waals surface area contributed by atoms with Gasteiger partial charge in [-0.05, 0) is 25.5 Å². The third-order valence-corrected chi connectivity index (χ3v) is 6.41. The maximum Gasteiger partial charge on any atom is 0.316 e. The van der Waals surface area contributed by atoms with Gasteiger partial charge in [-0.1, -0.05) is 25.7 Å². The Labute approximate surface area is 149 Å². The second-order valence-corrected chi connectivity index (χ2v) is 12.4. The third-order valence-electron chi connectivity index (χ3n) is 4.66. The summed E-state index contributed by atoms with van der Waals surface area (Å²) in [7, 11) is -0.506. The summed E-state index contributed by atoms with van der Waals surface area (Å²) in [5, 5.41) is 23.2. The molecule has 0 saturated heterocycles. The standard InChI is InChI=1S/C18H28O6Si/c1-7-23-16(20)13-10-11(2)14(22-3)15(19)18(13,21)12-8-9-24-17(12)25(4,5)6/h8-10,13-15,19,21H,7H2,1-6H3/t13-,14+,15+,18+/m0/s1. The van der Waals surface area contributed by atoms with Crippen molar-refractivity contribution in [3.05, 3.63) is 29.5 Å². The normalized spacial score (nSPS) is 30.1. The summed E-state index contributed by atoms with van der Waals surface area (Å²) in [5.74, 6) is -1.62. The van der Waals surface area contributed by atoms with Gasteiger partial charge in [-0.25, -0.2) is 0 Å². The van der Waals surface area contributed by atoms with Gasteiger partial charge < -0.3 is 24.1 Å². The molecule has 4 atom stereocenters. The lowest BCUT2D eigenvalue weighted by Gasteiger charge is -2.44. The summed E-state index contributed by atoms with van der Waals surface area (Å²) in [6.07, 6.45) is 1.06. The number of carbonyl (C=O) groups excluding carboxylic acids is 1. The molecule has 0 radical (unpaired) electrons. The number of ether oxygens (including phenoxy) is 2. The fourth-order valence-electron chi connectivity index (χ4n) is 3.48. The molecule has 140 valence electrons. The molecule has 7 heteroatoms. The highest BCUT2D eigenvalue weighted by atomic mass is 28.3. The zero-order valence-electron chi connectivity index (χ0n) is 15.7. The first-order chi connectivity index (χ1) is 11.6. The van der Waals surface area contributed by atoms with Crippen molar-refractivity contribution in [3.8, 4) is 0 Å². The van der Waals surface area contributed by atoms with Gasteiger partial charge in [0.15, 0.2) is 0 Å². The summed E-state index contributed by atoms with van der Waals surface area (Å²) >= 11 is 0. The van der Waals surface area contributed by atoms with E-state index in [2.05, 4.69) is 19.6 Å². The van der Waals surface area contributed by atoms with E-state index in [1.165, 1.54) is 13.4 Å². The number of carbonyl (C=O) groups is 1. The van der Waals surface area contributed by atoms with Crippen molar-refractivity contribution in [1.82, 2.24) is 0 Å². The fourth-order valence-corrected chi connectivity index (χ4v) is 4.99. The molecule has 1 aromatic rings. The summed E-state index contributed by atoms with van der Waals surface area (Å²) in [6, 6.07) is 1.63. The van der Waals surface area contributed by atoms with Crippen molar-refractivity contribution in [2.75, 3.05) is 13.7 Å². The molecule has 1 aliphatic carbocycles. The Hall–Kier alpha value is -1.41. The molecule has 0 saturated carbocycles. The van der Waals surface area contributed by atoms with Crippen LogP contribution >= 0.6 is 0 Å². The molecule has 0 fully saturated rings. The Bertz CT molecular complexity index is 659. The average Bonchev–Trinajstić information content (AvgIpc) is 3.02. The molecule has 6 nitrogen and oxygen atoms in total. The zero-order valence-corrected chi connectivity index (χ0v) is 16.7. The molecular weight excluding hydrogens is 340 g/mol. The molecule has 0 aliphatic heterocycles. The highest BCUT2D eigenvalue weighted by Crippen LogP contribution is 2.42. The minimum absolute atomic E-state index is 0.189. The van der Waals surface area contributed by atoms with Crippen molar-refractivity contribution in [1.29, 1.82) is 0 Å². The van der Waals surface area contributed by atoms with Crippen LogP contribution in [0.2, 0.25) is 19.6 Å². The van der Waals surface area contributed by atoms with Crippen molar-refractivity contribution in [2.24, 2.45) is 5.92 Å². The number of hydrogen-bond donors (Lipinski definition) is 2. The first kappa shape index (κ1) is 19.9. The van der Waals surface area contributed by atoms with Gasteiger partial charge in [0.2, 0.25) is 0 Å². The van der Waals surface area contributed by atoms with Crippen molar-refractivity contribution >= 4 is 19.4 Å². The summed E-state index contributed by atoms with van der Waals surface area (Å²) in [4.78, 5) is 12.6. The Morgan fingerprint density at radius 3 is 2.56 bits per heavy atom. The minimum atomic E-state index is -1.97. The van der Waals surface area contributed by atoms with Gasteiger partial charge in [0.05, 0.1) is 18.3 Å². The van der Waals surface area contributed by atoms with E-state index >= 15 is 0 Å². The van der Waals surface area contributed by atoms with Crippen molar-refractivity contribution in [2.45, 2.75) is 51.3 Å². The third kappa shape index (κ3) is 3.33. The van der Waals surface area contributed by atoms with Crippen LogP contribution in [-0.4, -0.2) is 50.2 Å². The lowest BCUT2D eigenvalue weighted by atomic mass is 9.70. The van der Waals surface area contributed by atoms with Crippen LogP contribution in [0, 0.1) is 5.92 Å². The van der Waals surface area contributed by atoms with E-state index in [0.29, 0.717) is 16.5 Å². The van der Waals surface area contributed by atoms with Gasteiger partial charge in [0, 0.05) is 12.7 Å². The summed E-state index contributed by atoms with van der Waals surface area (Å²) in [5.41, 5.74) is -0.770. The first-order valence-electron chi connectivity index (χ1n) is 8.45. The number of aliphatic hydroxyl groups excluding tert-OH is 1. The second kappa shape index (κ2) is 7.07. The van der Waals surface area contributed by atoms with Gasteiger partial charge >= 0.3 is 5.97 Å².